The van der Waals surface area contributed by atoms with Gasteiger partial charge in [-0.25, -0.2) is 9.37 Å². The van der Waals surface area contributed by atoms with Gasteiger partial charge in [-0.3, -0.25) is 10.1 Å². The average molecular weight is 301 g/mol. The van der Waals surface area contributed by atoms with Gasteiger partial charge in [0.1, 0.15) is 5.82 Å². The summed E-state index contributed by atoms with van der Waals surface area (Å²) >= 11 is 1.30. The molecule has 6 heteroatoms. The molecule has 0 aliphatic rings. The van der Waals surface area contributed by atoms with Crippen molar-refractivity contribution in [3.05, 3.63) is 53.3 Å². The van der Waals surface area contributed by atoms with Crippen LogP contribution in [0.4, 0.5) is 15.2 Å². The Morgan fingerprint density at radius 3 is 2.95 bits per heavy atom. The molecular weight excluding hydrogens is 289 g/mol. The van der Waals surface area contributed by atoms with Gasteiger partial charge in [0, 0.05) is 5.69 Å². The Morgan fingerprint density at radius 2 is 2.14 bits per heavy atom. The second kappa shape index (κ2) is 5.14. The number of rotatable bonds is 2. The first kappa shape index (κ1) is 13.5. The zero-order valence-electron chi connectivity index (χ0n) is 11.2. The quantitative estimate of drug-likeness (QED) is 0.711. The molecule has 1 aromatic heterocycles. The first-order valence-electron chi connectivity index (χ1n) is 6.27. The summed E-state index contributed by atoms with van der Waals surface area (Å²) in [6.07, 6.45) is 0. The fraction of sp³-hybridized carbons (Fsp3) is 0.0667. The lowest BCUT2D eigenvalue weighted by molar-refractivity contribution is 0.102. The summed E-state index contributed by atoms with van der Waals surface area (Å²) in [5, 5.41) is 3.04. The molecule has 0 unspecified atom stereocenters. The maximum Gasteiger partial charge on any atom is 0.260 e. The van der Waals surface area contributed by atoms with Gasteiger partial charge in [0.25, 0.3) is 5.91 Å². The number of hydrogen-bond donors (Lipinski definition) is 2. The first-order valence-corrected chi connectivity index (χ1v) is 7.09. The van der Waals surface area contributed by atoms with Crippen LogP contribution in [0.15, 0.2) is 36.4 Å². The Balaban J connectivity index is 1.91. The lowest BCUT2D eigenvalue weighted by atomic mass is 10.1. The van der Waals surface area contributed by atoms with Gasteiger partial charge in [0.2, 0.25) is 0 Å². The Hall–Kier alpha value is -2.47. The highest BCUT2D eigenvalue weighted by molar-refractivity contribution is 7.22. The molecule has 0 spiro atoms. The maximum absolute atomic E-state index is 13.9. The van der Waals surface area contributed by atoms with E-state index in [1.54, 1.807) is 37.3 Å². The molecule has 21 heavy (non-hydrogen) atoms. The van der Waals surface area contributed by atoms with Gasteiger partial charge in [-0.1, -0.05) is 23.5 Å². The Labute approximate surface area is 124 Å². The summed E-state index contributed by atoms with van der Waals surface area (Å²) in [5.74, 6) is -1.02. The fourth-order valence-electron chi connectivity index (χ4n) is 1.98. The Bertz CT molecular complexity index is 844. The molecule has 3 rings (SSSR count). The monoisotopic (exact) mass is 301 g/mol. The van der Waals surface area contributed by atoms with Crippen molar-refractivity contribution in [2.45, 2.75) is 6.92 Å². The predicted octanol–water partition coefficient (Wildman–Crippen LogP) is 3.58. The number of carbonyl (C=O) groups is 1. The van der Waals surface area contributed by atoms with Gasteiger partial charge < -0.3 is 5.73 Å². The van der Waals surface area contributed by atoms with Crippen LogP contribution in [-0.2, 0) is 0 Å². The molecule has 1 amide bonds. The normalized spacial score (nSPS) is 10.8. The van der Waals surface area contributed by atoms with E-state index in [9.17, 15) is 9.18 Å². The van der Waals surface area contributed by atoms with Crippen molar-refractivity contribution in [1.82, 2.24) is 4.98 Å². The summed E-state index contributed by atoms with van der Waals surface area (Å²) < 4.78 is 14.8. The molecule has 0 aliphatic carbocycles. The number of aromatic nitrogens is 1. The van der Waals surface area contributed by atoms with Crippen LogP contribution in [-0.4, -0.2) is 10.9 Å². The van der Waals surface area contributed by atoms with Crippen LogP contribution in [0.5, 0.6) is 0 Å². The molecule has 0 atom stereocenters. The largest absolute Gasteiger partial charge is 0.399 e. The third kappa shape index (κ3) is 2.57. The molecule has 0 bridgehead atoms. The van der Waals surface area contributed by atoms with E-state index in [2.05, 4.69) is 10.3 Å². The van der Waals surface area contributed by atoms with Crippen LogP contribution in [0, 0.1) is 12.7 Å². The van der Waals surface area contributed by atoms with Gasteiger partial charge in [-0.2, -0.15) is 0 Å². The number of carbonyl (C=O) groups excluding carboxylic acids is 1. The number of fused-ring (bicyclic) bond motifs is 1. The number of aryl methyl sites for hydroxylation is 1. The fourth-order valence-corrected chi connectivity index (χ4v) is 2.89. The number of halogens is 1. The Morgan fingerprint density at radius 1 is 1.33 bits per heavy atom. The molecule has 2 aromatic carbocycles. The standard InChI is InChI=1S/C15H12FN3OS/c1-8-3-2-4-10(13(8)16)14(20)19-15-18-11-6-5-9(17)7-12(11)21-15/h2-7H,17H2,1H3,(H,18,19,20). The van der Waals surface area contributed by atoms with E-state index >= 15 is 0 Å². The van der Waals surface area contributed by atoms with Crippen LogP contribution in [0.1, 0.15) is 15.9 Å². The molecule has 0 saturated heterocycles. The van der Waals surface area contributed by atoms with Crippen LogP contribution >= 0.6 is 11.3 Å². The van der Waals surface area contributed by atoms with Gasteiger partial charge in [-0.05, 0) is 36.8 Å². The Kier molecular flexibility index (Phi) is 3.31. The molecule has 106 valence electrons. The average Bonchev–Trinajstić information content (AvgIpc) is 2.83. The second-order valence-electron chi connectivity index (χ2n) is 4.64. The molecule has 3 aromatic rings. The number of hydrogen-bond acceptors (Lipinski definition) is 4. The van der Waals surface area contributed by atoms with Gasteiger partial charge >= 0.3 is 0 Å². The minimum absolute atomic E-state index is 0.00812. The number of anilines is 2. The van der Waals surface area contributed by atoms with Gasteiger partial charge in [0.15, 0.2) is 5.13 Å². The van der Waals surface area contributed by atoms with E-state index in [1.807, 2.05) is 0 Å². The molecule has 0 saturated carbocycles. The number of thiazole rings is 1. The van der Waals surface area contributed by atoms with E-state index in [4.69, 9.17) is 5.73 Å². The van der Waals surface area contributed by atoms with Crippen LogP contribution in [0.3, 0.4) is 0 Å². The van der Waals surface area contributed by atoms with E-state index in [-0.39, 0.29) is 5.56 Å². The number of nitrogen functional groups attached to an aromatic ring is 1. The van der Waals surface area contributed by atoms with Crippen LogP contribution in [0.2, 0.25) is 0 Å². The van der Waals surface area contributed by atoms with Crippen LogP contribution < -0.4 is 11.1 Å². The molecule has 0 aliphatic heterocycles. The molecule has 0 fully saturated rings. The highest BCUT2D eigenvalue weighted by atomic mass is 32.1. The highest BCUT2D eigenvalue weighted by Crippen LogP contribution is 2.28. The summed E-state index contributed by atoms with van der Waals surface area (Å²) in [6.45, 7) is 1.62. The van der Waals surface area contributed by atoms with Crippen molar-refractivity contribution in [2.24, 2.45) is 0 Å². The summed E-state index contributed by atoms with van der Waals surface area (Å²) in [7, 11) is 0. The number of nitrogens with one attached hydrogen (secondary N) is 1. The summed E-state index contributed by atoms with van der Waals surface area (Å²) in [6, 6.07) is 10.0. The zero-order valence-corrected chi connectivity index (χ0v) is 12.0. The number of nitrogens with two attached hydrogens (primary N) is 1. The van der Waals surface area contributed by atoms with Crippen LogP contribution in [0.25, 0.3) is 10.2 Å². The van der Waals surface area contributed by atoms with Crippen molar-refractivity contribution >= 4 is 38.3 Å². The van der Waals surface area contributed by atoms with E-state index < -0.39 is 11.7 Å². The highest BCUT2D eigenvalue weighted by Gasteiger charge is 2.15. The second-order valence-corrected chi connectivity index (χ2v) is 5.67. The third-order valence-corrected chi connectivity index (χ3v) is 4.00. The minimum atomic E-state index is -0.514. The smallest absolute Gasteiger partial charge is 0.260 e. The first-order chi connectivity index (χ1) is 10.0. The van der Waals surface area contributed by atoms with Crippen molar-refractivity contribution in [3.63, 3.8) is 0 Å². The van der Waals surface area contributed by atoms with Crippen molar-refractivity contribution in [3.8, 4) is 0 Å². The minimum Gasteiger partial charge on any atom is -0.399 e. The van der Waals surface area contributed by atoms with E-state index in [0.717, 1.165) is 10.2 Å². The molecular formula is C15H12FN3OS. The predicted molar refractivity (Wildman–Crippen MR) is 83.1 cm³/mol. The number of benzene rings is 2. The van der Waals surface area contributed by atoms with E-state index in [1.165, 1.54) is 17.4 Å². The van der Waals surface area contributed by atoms with E-state index in [0.29, 0.717) is 16.4 Å². The molecule has 1 heterocycles. The maximum atomic E-state index is 13.9. The third-order valence-electron chi connectivity index (χ3n) is 3.07. The molecule has 3 N–H and O–H groups in total. The zero-order chi connectivity index (χ0) is 15.0. The number of amides is 1. The summed E-state index contributed by atoms with van der Waals surface area (Å²) in [4.78, 5) is 16.4. The topological polar surface area (TPSA) is 68.0 Å². The molecule has 0 radical (unpaired) electrons. The lowest BCUT2D eigenvalue weighted by Gasteiger charge is -2.04. The number of nitrogens with zero attached hydrogens (tertiary/aromatic N) is 1. The van der Waals surface area contributed by atoms with Gasteiger partial charge in [0.05, 0.1) is 15.8 Å². The lowest BCUT2D eigenvalue weighted by Crippen LogP contribution is -2.14. The van der Waals surface area contributed by atoms with Crippen molar-refractivity contribution in [1.29, 1.82) is 0 Å². The SMILES string of the molecule is Cc1cccc(C(=O)Nc2nc3ccc(N)cc3s2)c1F. The van der Waals surface area contributed by atoms with Crippen molar-refractivity contribution < 1.29 is 9.18 Å². The summed E-state index contributed by atoms with van der Waals surface area (Å²) in [5.41, 5.74) is 7.52. The van der Waals surface area contributed by atoms with Gasteiger partial charge in [-0.15, -0.1) is 0 Å². The molecule has 4 nitrogen and oxygen atoms in total. The van der Waals surface area contributed by atoms with Crippen molar-refractivity contribution in [2.75, 3.05) is 11.1 Å².